The normalized spacial score (nSPS) is 16.5. The Labute approximate surface area is 111 Å². The highest BCUT2D eigenvalue weighted by Crippen LogP contribution is 2.31. The van der Waals surface area contributed by atoms with Crippen molar-refractivity contribution in [2.24, 2.45) is 11.7 Å². The van der Waals surface area contributed by atoms with Gasteiger partial charge in [0.25, 0.3) is 5.91 Å². The lowest BCUT2D eigenvalue weighted by molar-refractivity contribution is 0.0951. The first-order valence-electron chi connectivity index (χ1n) is 6.50. The summed E-state index contributed by atoms with van der Waals surface area (Å²) < 4.78 is 1.60. The van der Waals surface area contributed by atoms with Gasteiger partial charge in [-0.2, -0.15) is 5.10 Å². The lowest BCUT2D eigenvalue weighted by Gasteiger charge is -2.10. The van der Waals surface area contributed by atoms with Crippen LogP contribution in [0.1, 0.15) is 28.9 Å². The van der Waals surface area contributed by atoms with Crippen LogP contribution in [0.4, 0.5) is 0 Å². The summed E-state index contributed by atoms with van der Waals surface area (Å²) in [5.41, 5.74) is 7.90. The highest BCUT2D eigenvalue weighted by molar-refractivity contribution is 5.99. The van der Waals surface area contributed by atoms with E-state index in [0.29, 0.717) is 23.7 Å². The first kappa shape index (κ1) is 12.1. The summed E-state index contributed by atoms with van der Waals surface area (Å²) in [5, 5.41) is 6.98. The van der Waals surface area contributed by atoms with Gasteiger partial charge in [0.05, 0.1) is 6.20 Å². The Hall–Kier alpha value is -1.95. The smallest absolute Gasteiger partial charge is 0.256 e. The van der Waals surface area contributed by atoms with E-state index in [1.54, 1.807) is 16.9 Å². The van der Waals surface area contributed by atoms with E-state index in [2.05, 4.69) is 15.4 Å². The molecule has 0 radical (unpaired) electrons. The minimum Gasteiger partial charge on any atom is -0.350 e. The standard InChI is InChI=1S/C13H17N5O/c1-8-4-5-18-12(17-8)10(6-16-18)13(19)15-7-11(14)9-2-3-9/h4-6,9,11H,2-3,7,14H2,1H3,(H,15,19). The zero-order valence-electron chi connectivity index (χ0n) is 10.8. The van der Waals surface area contributed by atoms with Crippen molar-refractivity contribution in [2.45, 2.75) is 25.8 Å². The third-order valence-corrected chi connectivity index (χ3v) is 3.48. The Bertz CT molecular complexity index is 617. The summed E-state index contributed by atoms with van der Waals surface area (Å²) in [6.07, 6.45) is 5.69. The Morgan fingerprint density at radius 2 is 2.42 bits per heavy atom. The van der Waals surface area contributed by atoms with Crippen LogP contribution in [0.3, 0.4) is 0 Å². The molecule has 0 aromatic carbocycles. The van der Waals surface area contributed by atoms with Gasteiger partial charge >= 0.3 is 0 Å². The largest absolute Gasteiger partial charge is 0.350 e. The zero-order valence-corrected chi connectivity index (χ0v) is 10.8. The van der Waals surface area contributed by atoms with E-state index in [9.17, 15) is 4.79 Å². The molecule has 2 aromatic heterocycles. The zero-order chi connectivity index (χ0) is 13.4. The maximum Gasteiger partial charge on any atom is 0.256 e. The fraction of sp³-hybridized carbons (Fsp3) is 0.462. The Morgan fingerprint density at radius 1 is 1.63 bits per heavy atom. The van der Waals surface area contributed by atoms with Crippen molar-refractivity contribution in [1.29, 1.82) is 0 Å². The van der Waals surface area contributed by atoms with E-state index in [1.807, 2.05) is 13.0 Å². The molecule has 6 heteroatoms. The van der Waals surface area contributed by atoms with Gasteiger partial charge in [-0.15, -0.1) is 0 Å². The van der Waals surface area contributed by atoms with E-state index < -0.39 is 0 Å². The molecule has 1 aliphatic carbocycles. The van der Waals surface area contributed by atoms with Gasteiger partial charge in [-0.1, -0.05) is 0 Å². The summed E-state index contributed by atoms with van der Waals surface area (Å²) in [6.45, 7) is 2.39. The van der Waals surface area contributed by atoms with Gasteiger partial charge in [0.15, 0.2) is 5.65 Å². The molecule has 0 saturated heterocycles. The van der Waals surface area contributed by atoms with E-state index in [0.717, 1.165) is 5.69 Å². The number of rotatable bonds is 4. The second kappa shape index (κ2) is 4.62. The summed E-state index contributed by atoms with van der Waals surface area (Å²) in [6, 6.07) is 1.91. The number of fused-ring (bicyclic) bond motifs is 1. The molecular formula is C13H17N5O. The molecule has 1 unspecified atom stereocenters. The van der Waals surface area contributed by atoms with Crippen LogP contribution < -0.4 is 11.1 Å². The number of nitrogens with zero attached hydrogens (tertiary/aromatic N) is 3. The summed E-state index contributed by atoms with van der Waals surface area (Å²) in [4.78, 5) is 16.5. The van der Waals surface area contributed by atoms with E-state index in [4.69, 9.17) is 5.73 Å². The van der Waals surface area contributed by atoms with Crippen LogP contribution in [-0.2, 0) is 0 Å². The molecule has 1 fully saturated rings. The van der Waals surface area contributed by atoms with Crippen molar-refractivity contribution in [3.05, 3.63) is 29.7 Å². The second-order valence-corrected chi connectivity index (χ2v) is 5.11. The monoisotopic (exact) mass is 259 g/mol. The Kier molecular flexibility index (Phi) is 2.94. The van der Waals surface area contributed by atoms with Gasteiger partial charge in [0.2, 0.25) is 0 Å². The van der Waals surface area contributed by atoms with Crippen molar-refractivity contribution in [3.63, 3.8) is 0 Å². The number of hydrogen-bond donors (Lipinski definition) is 2. The molecule has 2 heterocycles. The predicted octanol–water partition coefficient (Wildman–Crippen LogP) is 0.505. The first-order valence-corrected chi connectivity index (χ1v) is 6.50. The predicted molar refractivity (Wildman–Crippen MR) is 70.8 cm³/mol. The van der Waals surface area contributed by atoms with Crippen LogP contribution in [-0.4, -0.2) is 33.1 Å². The van der Waals surface area contributed by atoms with Crippen molar-refractivity contribution < 1.29 is 4.79 Å². The van der Waals surface area contributed by atoms with E-state index in [1.165, 1.54) is 12.8 Å². The van der Waals surface area contributed by atoms with Crippen molar-refractivity contribution in [3.8, 4) is 0 Å². The molecule has 19 heavy (non-hydrogen) atoms. The lowest BCUT2D eigenvalue weighted by Crippen LogP contribution is -2.38. The quantitative estimate of drug-likeness (QED) is 0.837. The van der Waals surface area contributed by atoms with Gasteiger partial charge in [0.1, 0.15) is 5.56 Å². The number of carbonyl (C=O) groups is 1. The highest BCUT2D eigenvalue weighted by atomic mass is 16.1. The van der Waals surface area contributed by atoms with Gasteiger partial charge in [-0.05, 0) is 31.7 Å². The second-order valence-electron chi connectivity index (χ2n) is 5.11. The number of amides is 1. The van der Waals surface area contributed by atoms with Crippen LogP contribution in [0.25, 0.3) is 5.65 Å². The molecule has 0 aliphatic heterocycles. The molecule has 3 N–H and O–H groups in total. The molecule has 0 bridgehead atoms. The van der Waals surface area contributed by atoms with Crippen LogP contribution >= 0.6 is 0 Å². The number of aryl methyl sites for hydroxylation is 1. The van der Waals surface area contributed by atoms with Crippen molar-refractivity contribution >= 4 is 11.6 Å². The molecule has 1 saturated carbocycles. The van der Waals surface area contributed by atoms with Gasteiger partial charge in [0, 0.05) is 24.5 Å². The Balaban J connectivity index is 1.75. The molecule has 1 aliphatic rings. The van der Waals surface area contributed by atoms with Gasteiger partial charge in [-0.3, -0.25) is 4.79 Å². The maximum absolute atomic E-state index is 12.1. The molecule has 100 valence electrons. The van der Waals surface area contributed by atoms with Gasteiger partial charge < -0.3 is 11.1 Å². The number of hydrogen-bond acceptors (Lipinski definition) is 4. The van der Waals surface area contributed by atoms with Crippen molar-refractivity contribution in [1.82, 2.24) is 19.9 Å². The molecular weight excluding hydrogens is 242 g/mol. The van der Waals surface area contributed by atoms with Crippen LogP contribution in [0, 0.1) is 12.8 Å². The summed E-state index contributed by atoms with van der Waals surface area (Å²) >= 11 is 0. The third kappa shape index (κ3) is 2.44. The average molecular weight is 259 g/mol. The molecule has 2 aromatic rings. The topological polar surface area (TPSA) is 85.3 Å². The minimum absolute atomic E-state index is 0.0560. The van der Waals surface area contributed by atoms with E-state index in [-0.39, 0.29) is 11.9 Å². The number of carbonyl (C=O) groups excluding carboxylic acids is 1. The molecule has 3 rings (SSSR count). The molecule has 0 spiro atoms. The maximum atomic E-state index is 12.1. The van der Waals surface area contributed by atoms with Crippen LogP contribution in [0.15, 0.2) is 18.5 Å². The lowest BCUT2D eigenvalue weighted by atomic mass is 10.2. The molecule has 6 nitrogen and oxygen atoms in total. The summed E-state index contributed by atoms with van der Waals surface area (Å²) in [7, 11) is 0. The number of nitrogens with two attached hydrogens (primary N) is 1. The molecule has 1 amide bonds. The fourth-order valence-electron chi connectivity index (χ4n) is 2.12. The average Bonchev–Trinajstić information content (AvgIpc) is 3.16. The van der Waals surface area contributed by atoms with Crippen molar-refractivity contribution in [2.75, 3.05) is 6.54 Å². The Morgan fingerprint density at radius 3 is 3.16 bits per heavy atom. The molecule has 1 atom stereocenters. The SMILES string of the molecule is Cc1ccn2ncc(C(=O)NCC(N)C3CC3)c2n1. The third-order valence-electron chi connectivity index (χ3n) is 3.48. The minimum atomic E-state index is -0.163. The van der Waals surface area contributed by atoms with Crippen LogP contribution in [0.5, 0.6) is 0 Å². The van der Waals surface area contributed by atoms with E-state index >= 15 is 0 Å². The first-order chi connectivity index (χ1) is 9.15. The van der Waals surface area contributed by atoms with Crippen LogP contribution in [0.2, 0.25) is 0 Å². The highest BCUT2D eigenvalue weighted by Gasteiger charge is 2.28. The van der Waals surface area contributed by atoms with Gasteiger partial charge in [-0.25, -0.2) is 9.50 Å². The summed E-state index contributed by atoms with van der Waals surface area (Å²) in [5.74, 6) is 0.411. The number of aromatic nitrogens is 3. The number of nitrogens with one attached hydrogen (secondary N) is 1. The fourth-order valence-corrected chi connectivity index (χ4v) is 2.12.